The van der Waals surface area contributed by atoms with Crippen molar-refractivity contribution in [1.29, 1.82) is 0 Å². The number of carbonyl (C=O) groups excluding carboxylic acids is 1. The van der Waals surface area contributed by atoms with E-state index in [0.717, 1.165) is 32.3 Å². The fraction of sp³-hybridized carbons (Fsp3) is 0.880. The van der Waals surface area contributed by atoms with E-state index in [1.54, 1.807) is 0 Å². The maximum Gasteiger partial charge on any atom is 0.330 e. The molecule has 164 valence electrons. The Morgan fingerprint density at radius 3 is 1.75 bits per heavy atom. The van der Waals surface area contributed by atoms with Gasteiger partial charge in [-0.25, -0.2) is 4.79 Å². The molecule has 1 aliphatic rings. The molecule has 3 heteroatoms. The Labute approximate surface area is 174 Å². The van der Waals surface area contributed by atoms with Crippen LogP contribution in [0.4, 0.5) is 0 Å². The van der Waals surface area contributed by atoms with Crippen LogP contribution in [0.5, 0.6) is 0 Å². The van der Waals surface area contributed by atoms with Crippen LogP contribution in [0.15, 0.2) is 12.7 Å². The van der Waals surface area contributed by atoms with Gasteiger partial charge in [-0.3, -0.25) is 0 Å². The third-order valence-corrected chi connectivity index (χ3v) is 5.91. The topological polar surface area (TPSA) is 35.5 Å². The summed E-state index contributed by atoms with van der Waals surface area (Å²) in [5.74, 6) is -0.322. The molecule has 0 aromatic rings. The largest absolute Gasteiger partial charge is 0.456 e. The van der Waals surface area contributed by atoms with E-state index in [2.05, 4.69) is 13.5 Å². The van der Waals surface area contributed by atoms with Gasteiger partial charge in [0.2, 0.25) is 0 Å². The molecular weight excluding hydrogens is 348 g/mol. The Morgan fingerprint density at radius 2 is 1.25 bits per heavy atom. The minimum Gasteiger partial charge on any atom is -0.456 e. The lowest BCUT2D eigenvalue weighted by atomic mass is 9.94. The van der Waals surface area contributed by atoms with Crippen molar-refractivity contribution >= 4 is 5.97 Å². The Hall–Kier alpha value is -0.830. The predicted octanol–water partition coefficient (Wildman–Crippen LogP) is 7.52. The van der Waals surface area contributed by atoms with Crippen LogP contribution >= 0.6 is 0 Å². The van der Waals surface area contributed by atoms with Crippen molar-refractivity contribution in [2.24, 2.45) is 0 Å². The fourth-order valence-electron chi connectivity index (χ4n) is 4.12. The minimum atomic E-state index is -0.322. The first-order chi connectivity index (χ1) is 13.8. The molecule has 1 aliphatic carbocycles. The molecule has 0 bridgehead atoms. The summed E-state index contributed by atoms with van der Waals surface area (Å²) >= 11 is 0. The molecule has 1 rings (SSSR count). The summed E-state index contributed by atoms with van der Waals surface area (Å²) < 4.78 is 11.5. The van der Waals surface area contributed by atoms with Gasteiger partial charge in [-0.05, 0) is 25.7 Å². The van der Waals surface area contributed by atoms with Crippen molar-refractivity contribution < 1.29 is 14.3 Å². The van der Waals surface area contributed by atoms with Gasteiger partial charge in [-0.2, -0.15) is 0 Å². The molecule has 0 aromatic carbocycles. The van der Waals surface area contributed by atoms with Gasteiger partial charge in [0.25, 0.3) is 0 Å². The van der Waals surface area contributed by atoms with Crippen LogP contribution in [0, 0.1) is 0 Å². The Morgan fingerprint density at radius 1 is 0.786 bits per heavy atom. The molecule has 0 heterocycles. The number of unbranched alkanes of at least 4 members (excludes halogenated alkanes) is 13. The monoisotopic (exact) mass is 394 g/mol. The molecule has 0 N–H and O–H groups in total. The lowest BCUT2D eigenvalue weighted by Crippen LogP contribution is -2.36. The number of rotatable bonds is 18. The molecular formula is C25H46O3. The Bertz CT molecular complexity index is 380. The van der Waals surface area contributed by atoms with E-state index in [0.29, 0.717) is 0 Å². The zero-order chi connectivity index (χ0) is 20.3. The number of esters is 1. The summed E-state index contributed by atoms with van der Waals surface area (Å²) in [7, 11) is 0. The fourth-order valence-corrected chi connectivity index (χ4v) is 4.12. The maximum absolute atomic E-state index is 11.4. The van der Waals surface area contributed by atoms with Crippen LogP contribution in [0.25, 0.3) is 0 Å². The van der Waals surface area contributed by atoms with Gasteiger partial charge in [-0.15, -0.1) is 0 Å². The van der Waals surface area contributed by atoms with E-state index in [9.17, 15) is 4.79 Å². The molecule has 0 spiro atoms. The van der Waals surface area contributed by atoms with E-state index in [-0.39, 0.29) is 18.2 Å². The molecule has 0 aromatic heterocycles. The summed E-state index contributed by atoms with van der Waals surface area (Å²) in [6, 6.07) is 0. The highest BCUT2D eigenvalue weighted by Crippen LogP contribution is 2.24. The zero-order valence-corrected chi connectivity index (χ0v) is 18.6. The highest BCUT2D eigenvalue weighted by atomic mass is 16.6. The van der Waals surface area contributed by atoms with Crippen LogP contribution in [0.3, 0.4) is 0 Å². The van der Waals surface area contributed by atoms with E-state index in [1.807, 2.05) is 0 Å². The van der Waals surface area contributed by atoms with E-state index < -0.39 is 0 Å². The molecule has 0 radical (unpaired) electrons. The second-order valence-corrected chi connectivity index (χ2v) is 8.47. The van der Waals surface area contributed by atoms with Gasteiger partial charge in [0.15, 0.2) is 0 Å². The average molecular weight is 395 g/mol. The van der Waals surface area contributed by atoms with Gasteiger partial charge < -0.3 is 9.47 Å². The van der Waals surface area contributed by atoms with Crippen LogP contribution in [-0.4, -0.2) is 24.8 Å². The highest BCUT2D eigenvalue weighted by Gasteiger charge is 2.28. The van der Waals surface area contributed by atoms with Gasteiger partial charge in [0.05, 0.1) is 6.10 Å². The van der Waals surface area contributed by atoms with Crippen molar-refractivity contribution in [3.8, 4) is 0 Å². The highest BCUT2D eigenvalue weighted by molar-refractivity contribution is 5.81. The third-order valence-electron chi connectivity index (χ3n) is 5.91. The van der Waals surface area contributed by atoms with Gasteiger partial charge in [-0.1, -0.05) is 103 Å². The number of carbonyl (C=O) groups is 1. The Balaban J connectivity index is 1.88. The number of hydrogen-bond acceptors (Lipinski definition) is 3. The van der Waals surface area contributed by atoms with Gasteiger partial charge >= 0.3 is 5.97 Å². The van der Waals surface area contributed by atoms with Crippen LogP contribution in [-0.2, 0) is 14.3 Å². The summed E-state index contributed by atoms with van der Waals surface area (Å²) in [6.45, 7) is 6.56. The maximum atomic E-state index is 11.4. The van der Waals surface area contributed by atoms with Crippen molar-refractivity contribution in [2.45, 2.75) is 135 Å². The lowest BCUT2D eigenvalue weighted by molar-refractivity contribution is -0.155. The van der Waals surface area contributed by atoms with Gasteiger partial charge in [0.1, 0.15) is 6.10 Å². The molecule has 1 fully saturated rings. The van der Waals surface area contributed by atoms with Crippen molar-refractivity contribution in [2.75, 3.05) is 6.61 Å². The molecule has 2 unspecified atom stereocenters. The van der Waals surface area contributed by atoms with Crippen LogP contribution < -0.4 is 0 Å². The smallest absolute Gasteiger partial charge is 0.330 e. The predicted molar refractivity (Wildman–Crippen MR) is 119 cm³/mol. The summed E-state index contributed by atoms with van der Waals surface area (Å²) in [6.07, 6.45) is 24.7. The average Bonchev–Trinajstić information content (AvgIpc) is 2.72. The van der Waals surface area contributed by atoms with E-state index >= 15 is 0 Å². The second kappa shape index (κ2) is 18.2. The van der Waals surface area contributed by atoms with Crippen LogP contribution in [0.1, 0.15) is 122 Å². The molecule has 3 nitrogen and oxygen atoms in total. The first-order valence-electron chi connectivity index (χ1n) is 12.2. The molecule has 2 atom stereocenters. The zero-order valence-electron chi connectivity index (χ0n) is 18.6. The van der Waals surface area contributed by atoms with Crippen LogP contribution in [0.2, 0.25) is 0 Å². The van der Waals surface area contributed by atoms with E-state index in [1.165, 1.54) is 96.0 Å². The summed E-state index contributed by atoms with van der Waals surface area (Å²) in [4.78, 5) is 11.4. The quantitative estimate of drug-likeness (QED) is 0.137. The van der Waals surface area contributed by atoms with Crippen molar-refractivity contribution in [3.05, 3.63) is 12.7 Å². The minimum absolute atomic E-state index is 0.0779. The molecule has 0 aliphatic heterocycles. The molecule has 28 heavy (non-hydrogen) atoms. The van der Waals surface area contributed by atoms with E-state index in [4.69, 9.17) is 9.47 Å². The summed E-state index contributed by atoms with van der Waals surface area (Å²) in [5.41, 5.74) is 0. The summed E-state index contributed by atoms with van der Waals surface area (Å²) in [5, 5.41) is 0. The van der Waals surface area contributed by atoms with Crippen molar-refractivity contribution in [3.63, 3.8) is 0 Å². The molecule has 0 saturated heterocycles. The number of hydrogen-bond donors (Lipinski definition) is 0. The van der Waals surface area contributed by atoms with Crippen molar-refractivity contribution in [1.82, 2.24) is 0 Å². The third kappa shape index (κ3) is 13.4. The normalized spacial score (nSPS) is 19.5. The number of ether oxygens (including phenoxy) is 2. The standard InChI is InChI=1S/C25H46O3/c1-3-5-6-7-8-9-10-11-12-13-14-15-16-19-22-27-23-20-17-18-21-24(23)28-25(26)4-2/h4,23-24H,2-3,5-22H2,1H3. The van der Waals surface area contributed by atoms with Gasteiger partial charge in [0, 0.05) is 12.7 Å². The SMILES string of the molecule is C=CC(=O)OC1CCCCC1OCCCCCCCCCCCCCCCC. The first-order valence-corrected chi connectivity index (χ1v) is 12.2. The Kier molecular flexibility index (Phi) is 16.4. The first kappa shape index (κ1) is 25.2. The molecule has 0 amide bonds. The molecule has 1 saturated carbocycles. The lowest BCUT2D eigenvalue weighted by Gasteiger charge is -2.30. The second-order valence-electron chi connectivity index (χ2n) is 8.47.